The number of piperidine rings is 1. The highest BCUT2D eigenvalue weighted by Crippen LogP contribution is 2.23. The Morgan fingerprint density at radius 1 is 1.39 bits per heavy atom. The monoisotopic (exact) mass is 319 g/mol. The van der Waals surface area contributed by atoms with E-state index < -0.39 is 0 Å². The van der Waals surface area contributed by atoms with Crippen LogP contribution in [0.25, 0.3) is 0 Å². The number of nitrogens with zero attached hydrogens (tertiary/aromatic N) is 2. The molecular weight excluding hydrogens is 290 g/mol. The van der Waals surface area contributed by atoms with E-state index in [2.05, 4.69) is 24.1 Å². The normalized spacial score (nSPS) is 19.6. The van der Waals surface area contributed by atoms with Gasteiger partial charge in [0.25, 0.3) is 0 Å². The van der Waals surface area contributed by atoms with Gasteiger partial charge in [-0.2, -0.15) is 0 Å². The van der Waals surface area contributed by atoms with Gasteiger partial charge >= 0.3 is 6.03 Å². The second kappa shape index (κ2) is 7.68. The number of hydrogen-bond acceptors (Lipinski definition) is 3. The van der Waals surface area contributed by atoms with E-state index in [0.29, 0.717) is 12.6 Å². The Morgan fingerprint density at radius 3 is 2.78 bits per heavy atom. The smallest absolute Gasteiger partial charge is 0.321 e. The number of likely N-dealkylation sites (tertiary alicyclic amines) is 1. The number of hydrogen-bond donors (Lipinski definition) is 2. The molecule has 1 aromatic carbocycles. The van der Waals surface area contributed by atoms with Gasteiger partial charge in [0.2, 0.25) is 0 Å². The molecule has 0 aromatic heterocycles. The Morgan fingerprint density at radius 2 is 2.13 bits per heavy atom. The number of amides is 2. The van der Waals surface area contributed by atoms with Gasteiger partial charge in [0.15, 0.2) is 0 Å². The van der Waals surface area contributed by atoms with Crippen molar-refractivity contribution in [3.05, 3.63) is 24.3 Å². The van der Waals surface area contributed by atoms with Crippen LogP contribution in [0.5, 0.6) is 0 Å². The summed E-state index contributed by atoms with van der Waals surface area (Å²) in [5, 5.41) is 12.7. The fourth-order valence-corrected chi connectivity index (χ4v) is 2.89. The van der Waals surface area contributed by atoms with Crippen molar-refractivity contribution in [2.45, 2.75) is 45.8 Å². The Labute approximate surface area is 139 Å². The molecule has 1 saturated heterocycles. The summed E-state index contributed by atoms with van der Waals surface area (Å²) in [5.41, 5.74) is 1.89. The van der Waals surface area contributed by atoms with Crippen LogP contribution in [0.3, 0.4) is 0 Å². The molecule has 0 spiro atoms. The largest absolute Gasteiger partial charge is 0.393 e. The van der Waals surface area contributed by atoms with E-state index in [9.17, 15) is 9.90 Å². The van der Waals surface area contributed by atoms with Gasteiger partial charge in [-0.1, -0.05) is 6.07 Å². The van der Waals surface area contributed by atoms with Crippen LogP contribution in [0.4, 0.5) is 16.2 Å². The highest BCUT2D eigenvalue weighted by atomic mass is 16.3. The zero-order valence-electron chi connectivity index (χ0n) is 14.6. The van der Waals surface area contributed by atoms with Crippen LogP contribution >= 0.6 is 0 Å². The first-order chi connectivity index (χ1) is 10.9. The van der Waals surface area contributed by atoms with Crippen LogP contribution < -0.4 is 10.2 Å². The Balaban J connectivity index is 2.01. The van der Waals surface area contributed by atoms with Crippen LogP contribution in [0.15, 0.2) is 24.3 Å². The van der Waals surface area contributed by atoms with Gasteiger partial charge in [-0.15, -0.1) is 0 Å². The van der Waals surface area contributed by atoms with Crippen LogP contribution in [0.1, 0.15) is 33.6 Å². The molecule has 1 heterocycles. The minimum atomic E-state index is -0.367. The summed E-state index contributed by atoms with van der Waals surface area (Å²) in [4.78, 5) is 16.4. The highest BCUT2D eigenvalue weighted by molar-refractivity contribution is 5.90. The highest BCUT2D eigenvalue weighted by Gasteiger charge is 2.26. The lowest BCUT2D eigenvalue weighted by atomic mass is 9.94. The number of anilines is 2. The van der Waals surface area contributed by atoms with Crippen molar-refractivity contribution in [2.24, 2.45) is 5.92 Å². The zero-order chi connectivity index (χ0) is 17.0. The van der Waals surface area contributed by atoms with E-state index in [-0.39, 0.29) is 18.1 Å². The predicted molar refractivity (Wildman–Crippen MR) is 95.0 cm³/mol. The standard InChI is InChI=1S/C18H29N3O2/c1-13(2)20(4)17-9-5-8-16(11-17)19-18(23)21-10-6-7-15(12-21)14(3)22/h5,8-9,11,13-15,22H,6-7,10,12H2,1-4H3,(H,19,23). The second-order valence-corrected chi connectivity index (χ2v) is 6.77. The van der Waals surface area contributed by atoms with Crippen molar-refractivity contribution in [2.75, 3.05) is 30.4 Å². The third kappa shape index (κ3) is 4.61. The number of urea groups is 1. The summed E-state index contributed by atoms with van der Waals surface area (Å²) < 4.78 is 0. The molecule has 1 fully saturated rings. The topological polar surface area (TPSA) is 55.8 Å². The van der Waals surface area contributed by atoms with E-state index in [1.165, 1.54) is 0 Å². The molecule has 2 unspecified atom stereocenters. The van der Waals surface area contributed by atoms with Crippen molar-refractivity contribution >= 4 is 17.4 Å². The SMILES string of the molecule is CC(O)C1CCCN(C(=O)Nc2cccc(N(C)C(C)C)c2)C1. The lowest BCUT2D eigenvalue weighted by Crippen LogP contribution is -2.44. The maximum absolute atomic E-state index is 12.5. The number of aliphatic hydroxyl groups is 1. The molecule has 128 valence electrons. The maximum Gasteiger partial charge on any atom is 0.321 e. The van der Waals surface area contributed by atoms with Gasteiger partial charge in [0, 0.05) is 43.5 Å². The molecule has 0 bridgehead atoms. The third-order valence-corrected chi connectivity index (χ3v) is 4.71. The first kappa shape index (κ1) is 17.6. The summed E-state index contributed by atoms with van der Waals surface area (Å²) in [7, 11) is 2.05. The number of carbonyl (C=O) groups excluding carboxylic acids is 1. The van der Waals surface area contributed by atoms with Crippen molar-refractivity contribution in [3.63, 3.8) is 0 Å². The quantitative estimate of drug-likeness (QED) is 0.896. The molecule has 5 heteroatoms. The summed E-state index contributed by atoms with van der Waals surface area (Å²) in [6.07, 6.45) is 1.56. The van der Waals surface area contributed by atoms with Crippen LogP contribution in [-0.4, -0.2) is 48.3 Å². The summed E-state index contributed by atoms with van der Waals surface area (Å²) in [6, 6.07) is 8.22. The van der Waals surface area contributed by atoms with E-state index in [1.807, 2.05) is 31.3 Å². The fourth-order valence-electron chi connectivity index (χ4n) is 2.89. The predicted octanol–water partition coefficient (Wildman–Crippen LogP) is 3.16. The molecule has 1 aliphatic heterocycles. The number of nitrogens with one attached hydrogen (secondary N) is 1. The van der Waals surface area contributed by atoms with Crippen molar-refractivity contribution in [3.8, 4) is 0 Å². The van der Waals surface area contributed by atoms with Gasteiger partial charge < -0.3 is 20.2 Å². The molecule has 2 N–H and O–H groups in total. The Bertz CT molecular complexity index is 531. The number of benzene rings is 1. The van der Waals surface area contributed by atoms with Crippen LogP contribution in [-0.2, 0) is 0 Å². The summed E-state index contributed by atoms with van der Waals surface area (Å²) in [5.74, 6) is 0.174. The lowest BCUT2D eigenvalue weighted by molar-refractivity contribution is 0.0766. The van der Waals surface area contributed by atoms with Gasteiger partial charge in [-0.25, -0.2) is 4.79 Å². The maximum atomic E-state index is 12.5. The molecule has 1 aromatic rings. The van der Waals surface area contributed by atoms with Crippen LogP contribution in [0, 0.1) is 5.92 Å². The molecule has 0 aliphatic carbocycles. The molecule has 2 rings (SSSR count). The second-order valence-electron chi connectivity index (χ2n) is 6.77. The van der Waals surface area contributed by atoms with E-state index in [0.717, 1.165) is 30.8 Å². The molecule has 5 nitrogen and oxygen atoms in total. The number of aliphatic hydroxyl groups excluding tert-OH is 1. The zero-order valence-corrected chi connectivity index (χ0v) is 14.6. The van der Waals surface area contributed by atoms with E-state index in [4.69, 9.17) is 0 Å². The van der Waals surface area contributed by atoms with Crippen molar-refractivity contribution in [1.29, 1.82) is 0 Å². The van der Waals surface area contributed by atoms with Gasteiger partial charge in [-0.3, -0.25) is 0 Å². The van der Waals surface area contributed by atoms with E-state index in [1.54, 1.807) is 11.8 Å². The average Bonchev–Trinajstić information content (AvgIpc) is 2.54. The average molecular weight is 319 g/mol. The Hall–Kier alpha value is -1.75. The molecular formula is C18H29N3O2. The number of rotatable bonds is 4. The van der Waals surface area contributed by atoms with Crippen LogP contribution in [0.2, 0.25) is 0 Å². The first-order valence-electron chi connectivity index (χ1n) is 8.45. The summed E-state index contributed by atoms with van der Waals surface area (Å²) in [6.45, 7) is 7.44. The molecule has 2 atom stereocenters. The van der Waals surface area contributed by atoms with Crippen molar-refractivity contribution < 1.29 is 9.90 Å². The molecule has 0 radical (unpaired) electrons. The molecule has 2 amide bonds. The third-order valence-electron chi connectivity index (χ3n) is 4.71. The molecule has 1 aliphatic rings. The minimum absolute atomic E-state index is 0.0836. The first-order valence-corrected chi connectivity index (χ1v) is 8.45. The minimum Gasteiger partial charge on any atom is -0.393 e. The van der Waals surface area contributed by atoms with Gasteiger partial charge in [0.1, 0.15) is 0 Å². The van der Waals surface area contributed by atoms with Gasteiger partial charge in [-0.05, 0) is 51.8 Å². The Kier molecular flexibility index (Phi) is 5.88. The van der Waals surface area contributed by atoms with E-state index >= 15 is 0 Å². The molecule has 23 heavy (non-hydrogen) atoms. The fraction of sp³-hybridized carbons (Fsp3) is 0.611. The van der Waals surface area contributed by atoms with Gasteiger partial charge in [0.05, 0.1) is 6.10 Å². The number of carbonyl (C=O) groups is 1. The lowest BCUT2D eigenvalue weighted by Gasteiger charge is -2.34. The molecule has 0 saturated carbocycles. The van der Waals surface area contributed by atoms with Crippen molar-refractivity contribution in [1.82, 2.24) is 4.90 Å². The summed E-state index contributed by atoms with van der Waals surface area (Å²) >= 11 is 0.